The van der Waals surface area contributed by atoms with E-state index in [1.54, 1.807) is 44.3 Å². The molecule has 0 unspecified atom stereocenters. The highest BCUT2D eigenvalue weighted by molar-refractivity contribution is 7.92. The molecule has 5 heteroatoms. The van der Waals surface area contributed by atoms with Crippen LogP contribution in [0, 0.1) is 12.3 Å². The molecule has 1 aromatic carbocycles. The molecule has 0 N–H and O–H groups in total. The second-order valence-electron chi connectivity index (χ2n) is 4.55. The van der Waals surface area contributed by atoms with Gasteiger partial charge in [-0.3, -0.25) is 4.98 Å². The summed E-state index contributed by atoms with van der Waals surface area (Å²) in [7, 11) is -3.26. The third kappa shape index (κ3) is 2.70. The zero-order valence-corrected chi connectivity index (χ0v) is 12.1. The minimum Gasteiger partial charge on any atom is -0.260 e. The minimum absolute atomic E-state index is 0.303. The number of nitrogens with zero attached hydrogens (tertiary/aromatic N) is 2. The van der Waals surface area contributed by atoms with Crippen LogP contribution in [0.15, 0.2) is 41.6 Å². The average molecular weight is 286 g/mol. The molecule has 2 rings (SSSR count). The SMILES string of the molecule is C#Cc1cncc(-c2ccc(S(=O)(=O)C(C)C)cc2)n1. The lowest BCUT2D eigenvalue weighted by molar-refractivity contribution is 0.587. The number of terminal acetylenes is 1. The maximum absolute atomic E-state index is 12.0. The van der Waals surface area contributed by atoms with Crippen molar-refractivity contribution in [3.05, 3.63) is 42.4 Å². The van der Waals surface area contributed by atoms with E-state index in [4.69, 9.17) is 6.42 Å². The lowest BCUT2D eigenvalue weighted by Gasteiger charge is -2.08. The normalized spacial score (nSPS) is 11.3. The molecule has 0 aliphatic rings. The van der Waals surface area contributed by atoms with Crippen LogP contribution in [0.1, 0.15) is 19.5 Å². The maximum Gasteiger partial charge on any atom is 0.180 e. The van der Waals surface area contributed by atoms with Gasteiger partial charge in [0.15, 0.2) is 9.84 Å². The van der Waals surface area contributed by atoms with Crippen LogP contribution in [-0.2, 0) is 9.84 Å². The average Bonchev–Trinajstić information content (AvgIpc) is 2.47. The molecular weight excluding hydrogens is 272 g/mol. The van der Waals surface area contributed by atoms with Gasteiger partial charge in [0, 0.05) is 5.56 Å². The van der Waals surface area contributed by atoms with Gasteiger partial charge in [-0.2, -0.15) is 0 Å². The summed E-state index contributed by atoms with van der Waals surface area (Å²) in [5.74, 6) is 2.42. The van der Waals surface area contributed by atoms with Crippen LogP contribution < -0.4 is 0 Å². The van der Waals surface area contributed by atoms with E-state index in [9.17, 15) is 8.42 Å². The third-order valence-corrected chi connectivity index (χ3v) is 5.05. The van der Waals surface area contributed by atoms with Crippen molar-refractivity contribution in [1.82, 2.24) is 9.97 Å². The fraction of sp³-hybridized carbons (Fsp3) is 0.200. The molecule has 4 nitrogen and oxygen atoms in total. The molecule has 1 aromatic heterocycles. The Morgan fingerprint density at radius 1 is 1.15 bits per heavy atom. The summed E-state index contributed by atoms with van der Waals surface area (Å²) in [4.78, 5) is 8.55. The van der Waals surface area contributed by atoms with Crippen molar-refractivity contribution in [3.8, 4) is 23.6 Å². The first-order chi connectivity index (χ1) is 9.45. The van der Waals surface area contributed by atoms with E-state index in [0.29, 0.717) is 16.3 Å². The van der Waals surface area contributed by atoms with Crippen LogP contribution in [-0.4, -0.2) is 23.6 Å². The van der Waals surface area contributed by atoms with Crippen molar-refractivity contribution in [3.63, 3.8) is 0 Å². The largest absolute Gasteiger partial charge is 0.260 e. The van der Waals surface area contributed by atoms with Gasteiger partial charge in [0.2, 0.25) is 0 Å². The van der Waals surface area contributed by atoms with Crippen LogP contribution in [0.4, 0.5) is 0 Å². The Labute approximate surface area is 118 Å². The second-order valence-corrected chi connectivity index (χ2v) is 7.06. The minimum atomic E-state index is -3.26. The highest BCUT2D eigenvalue weighted by atomic mass is 32.2. The predicted octanol–water partition coefficient (Wildman–Crippen LogP) is 2.31. The zero-order chi connectivity index (χ0) is 14.8. The number of hydrogen-bond acceptors (Lipinski definition) is 4. The zero-order valence-electron chi connectivity index (χ0n) is 11.2. The predicted molar refractivity (Wildman–Crippen MR) is 77.7 cm³/mol. The lowest BCUT2D eigenvalue weighted by Crippen LogP contribution is -2.13. The van der Waals surface area contributed by atoms with Crippen LogP contribution in [0.25, 0.3) is 11.3 Å². The van der Waals surface area contributed by atoms with E-state index in [1.165, 1.54) is 6.20 Å². The fourth-order valence-corrected chi connectivity index (χ4v) is 2.72. The number of benzene rings is 1. The van der Waals surface area contributed by atoms with E-state index in [-0.39, 0.29) is 0 Å². The second kappa shape index (κ2) is 5.43. The van der Waals surface area contributed by atoms with Gasteiger partial charge in [0.1, 0.15) is 5.69 Å². The summed E-state index contributed by atoms with van der Waals surface area (Å²) in [5.41, 5.74) is 1.84. The Bertz CT molecular complexity index is 757. The molecule has 0 saturated heterocycles. The Balaban J connectivity index is 2.41. The van der Waals surface area contributed by atoms with E-state index in [2.05, 4.69) is 15.9 Å². The van der Waals surface area contributed by atoms with Crippen molar-refractivity contribution in [2.45, 2.75) is 24.0 Å². The van der Waals surface area contributed by atoms with Crippen molar-refractivity contribution < 1.29 is 8.42 Å². The Morgan fingerprint density at radius 3 is 2.35 bits per heavy atom. The molecule has 0 bridgehead atoms. The molecule has 0 aliphatic carbocycles. The number of rotatable bonds is 3. The fourth-order valence-electron chi connectivity index (χ4n) is 1.66. The van der Waals surface area contributed by atoms with Gasteiger partial charge >= 0.3 is 0 Å². The highest BCUT2D eigenvalue weighted by Gasteiger charge is 2.18. The van der Waals surface area contributed by atoms with Crippen molar-refractivity contribution in [1.29, 1.82) is 0 Å². The van der Waals surface area contributed by atoms with E-state index < -0.39 is 15.1 Å². The molecule has 0 aliphatic heterocycles. The first-order valence-corrected chi connectivity index (χ1v) is 7.63. The molecule has 0 atom stereocenters. The molecule has 0 radical (unpaired) electrons. The monoisotopic (exact) mass is 286 g/mol. The van der Waals surface area contributed by atoms with E-state index >= 15 is 0 Å². The quantitative estimate of drug-likeness (QED) is 0.812. The molecule has 0 amide bonds. The molecule has 102 valence electrons. The summed E-state index contributed by atoms with van der Waals surface area (Å²) in [6.45, 7) is 3.32. The van der Waals surface area contributed by atoms with E-state index in [1.807, 2.05) is 0 Å². The summed E-state index contributed by atoms with van der Waals surface area (Å²) < 4.78 is 24.1. The van der Waals surface area contributed by atoms with Gasteiger partial charge in [-0.05, 0) is 31.9 Å². The maximum atomic E-state index is 12.0. The highest BCUT2D eigenvalue weighted by Crippen LogP contribution is 2.21. The molecule has 20 heavy (non-hydrogen) atoms. The first-order valence-electron chi connectivity index (χ1n) is 6.08. The van der Waals surface area contributed by atoms with Crippen molar-refractivity contribution in [2.75, 3.05) is 0 Å². The van der Waals surface area contributed by atoms with Gasteiger partial charge in [0.25, 0.3) is 0 Å². The molecule has 0 fully saturated rings. The van der Waals surface area contributed by atoms with Gasteiger partial charge in [-0.15, -0.1) is 6.42 Å². The first kappa shape index (κ1) is 14.2. The van der Waals surface area contributed by atoms with Crippen LogP contribution >= 0.6 is 0 Å². The molecule has 2 aromatic rings. The molecule has 1 heterocycles. The number of aromatic nitrogens is 2. The smallest absolute Gasteiger partial charge is 0.180 e. The third-order valence-electron chi connectivity index (χ3n) is 2.88. The van der Waals surface area contributed by atoms with Crippen LogP contribution in [0.5, 0.6) is 0 Å². The Hall–Kier alpha value is -2.19. The van der Waals surface area contributed by atoms with E-state index in [0.717, 1.165) is 5.56 Å². The summed E-state index contributed by atoms with van der Waals surface area (Å²) in [6.07, 6.45) is 8.37. The van der Waals surface area contributed by atoms with Gasteiger partial charge in [0.05, 0.1) is 28.2 Å². The van der Waals surface area contributed by atoms with Crippen molar-refractivity contribution in [2.24, 2.45) is 0 Å². The molecule has 0 spiro atoms. The summed E-state index contributed by atoms with van der Waals surface area (Å²) in [5, 5.41) is -0.446. The topological polar surface area (TPSA) is 59.9 Å². The van der Waals surface area contributed by atoms with Gasteiger partial charge in [-0.1, -0.05) is 12.1 Å². The van der Waals surface area contributed by atoms with Gasteiger partial charge in [-0.25, -0.2) is 13.4 Å². The number of sulfone groups is 1. The Kier molecular flexibility index (Phi) is 3.86. The Morgan fingerprint density at radius 2 is 1.80 bits per heavy atom. The van der Waals surface area contributed by atoms with Crippen molar-refractivity contribution >= 4 is 9.84 Å². The standard InChI is InChI=1S/C15H14N2O2S/c1-4-13-9-16-10-15(17-13)12-5-7-14(8-6-12)20(18,19)11(2)3/h1,5-11H,2-3H3. The molecule has 0 saturated carbocycles. The van der Waals surface area contributed by atoms with Crippen LogP contribution in [0.3, 0.4) is 0 Å². The molecular formula is C15H14N2O2S. The van der Waals surface area contributed by atoms with Gasteiger partial charge < -0.3 is 0 Å². The number of hydrogen-bond donors (Lipinski definition) is 0. The van der Waals surface area contributed by atoms with Crippen LogP contribution in [0.2, 0.25) is 0 Å². The lowest BCUT2D eigenvalue weighted by atomic mass is 10.1. The summed E-state index contributed by atoms with van der Waals surface area (Å²) >= 11 is 0. The summed E-state index contributed by atoms with van der Waals surface area (Å²) in [6, 6.07) is 6.57.